The van der Waals surface area contributed by atoms with Gasteiger partial charge in [-0.25, -0.2) is 5.06 Å². The fourth-order valence-electron chi connectivity index (χ4n) is 4.96. The maximum Gasteiger partial charge on any atom is 0.322 e. The number of hydroxylamine groups is 2. The number of fused-ring (bicyclic) bond motifs is 3. The molecule has 1 aliphatic heterocycles. The van der Waals surface area contributed by atoms with Crippen LogP contribution in [0.4, 0.5) is 0 Å². The number of benzene rings is 2. The van der Waals surface area contributed by atoms with Crippen molar-refractivity contribution in [3.8, 4) is 0 Å². The van der Waals surface area contributed by atoms with E-state index in [1.165, 1.54) is 19.3 Å². The number of esters is 2. The molecule has 1 atom stereocenters. The first-order chi connectivity index (χ1) is 16.6. The van der Waals surface area contributed by atoms with Crippen LogP contribution in [0, 0.1) is 12.8 Å². The predicted octanol–water partition coefficient (Wildman–Crippen LogP) is 3.74. The van der Waals surface area contributed by atoms with E-state index in [0.717, 1.165) is 27.6 Å². The Bertz CT molecular complexity index is 1280. The molecule has 1 amide bonds. The molecule has 1 aromatic heterocycles. The molecule has 0 bridgehead atoms. The van der Waals surface area contributed by atoms with Crippen LogP contribution in [0.5, 0.6) is 0 Å². The van der Waals surface area contributed by atoms with Crippen LogP contribution in [-0.4, -0.2) is 41.7 Å². The molecule has 0 N–H and O–H groups in total. The molecule has 2 aromatic carbocycles. The number of nitrogens with zero attached hydrogens (tertiary/aromatic N) is 2. The summed E-state index contributed by atoms with van der Waals surface area (Å²) in [6, 6.07) is 14.3. The minimum atomic E-state index is -1.44. The van der Waals surface area contributed by atoms with Crippen LogP contribution in [0.1, 0.15) is 42.3 Å². The molecule has 2 heterocycles. The summed E-state index contributed by atoms with van der Waals surface area (Å²) in [6.45, 7) is 5.72. The molecule has 0 fully saturated rings. The molecular formula is C27H30N2O6. The lowest BCUT2D eigenvalue weighted by molar-refractivity contribution is -0.226. The number of rotatable bonds is 6. The molecule has 0 saturated carbocycles. The number of amides is 1. The van der Waals surface area contributed by atoms with Gasteiger partial charge in [0.1, 0.15) is 12.6 Å². The molecule has 1 unspecified atom stereocenters. The zero-order valence-electron chi connectivity index (χ0n) is 20.8. The van der Waals surface area contributed by atoms with Gasteiger partial charge in [0.2, 0.25) is 0 Å². The Labute approximate surface area is 204 Å². The van der Waals surface area contributed by atoms with E-state index in [9.17, 15) is 14.4 Å². The lowest BCUT2D eigenvalue weighted by atomic mass is 9.75. The smallest absolute Gasteiger partial charge is 0.322 e. The molecule has 4 rings (SSSR count). The van der Waals surface area contributed by atoms with E-state index in [2.05, 4.69) is 0 Å². The fourth-order valence-corrected chi connectivity index (χ4v) is 4.96. The molecule has 0 saturated heterocycles. The van der Waals surface area contributed by atoms with E-state index in [1.807, 2.05) is 80.9 Å². The van der Waals surface area contributed by atoms with Gasteiger partial charge in [-0.3, -0.25) is 19.2 Å². The zero-order chi connectivity index (χ0) is 25.5. The highest BCUT2D eigenvalue weighted by Crippen LogP contribution is 2.48. The lowest BCUT2D eigenvalue weighted by Gasteiger charge is -2.43. The van der Waals surface area contributed by atoms with Gasteiger partial charge in [-0.15, -0.1) is 0 Å². The summed E-state index contributed by atoms with van der Waals surface area (Å²) in [4.78, 5) is 46.0. The Hall–Kier alpha value is -3.65. The first-order valence-corrected chi connectivity index (χ1v) is 11.4. The maximum absolute atomic E-state index is 14.0. The summed E-state index contributed by atoms with van der Waals surface area (Å²) in [5.74, 6) is -3.42. The second-order valence-electron chi connectivity index (χ2n) is 9.32. The first-order valence-electron chi connectivity index (χ1n) is 11.4. The predicted molar refractivity (Wildman–Crippen MR) is 129 cm³/mol. The number of hydrogen-bond donors (Lipinski definition) is 0. The number of carbonyl (C=O) groups excluding carboxylic acids is 3. The van der Waals surface area contributed by atoms with Crippen LogP contribution in [0.3, 0.4) is 0 Å². The van der Waals surface area contributed by atoms with Crippen LogP contribution in [0.15, 0.2) is 48.5 Å². The van der Waals surface area contributed by atoms with Gasteiger partial charge >= 0.3 is 11.9 Å². The highest BCUT2D eigenvalue weighted by atomic mass is 16.7. The van der Waals surface area contributed by atoms with Gasteiger partial charge < -0.3 is 14.0 Å². The van der Waals surface area contributed by atoms with Gasteiger partial charge in [-0.2, -0.15) is 0 Å². The Balaban J connectivity index is 1.98. The first kappa shape index (κ1) is 24.5. The quantitative estimate of drug-likeness (QED) is 0.396. The van der Waals surface area contributed by atoms with Crippen molar-refractivity contribution in [2.45, 2.75) is 38.8 Å². The second kappa shape index (κ2) is 9.19. The number of ether oxygens (including phenoxy) is 2. The zero-order valence-corrected chi connectivity index (χ0v) is 20.8. The molecular weight excluding hydrogens is 448 g/mol. The number of carbonyl (C=O) groups is 3. The average Bonchev–Trinajstić information content (AvgIpc) is 3.14. The number of methoxy groups -OCH3 is 2. The fraction of sp³-hybridized carbons (Fsp3) is 0.370. The average molecular weight is 479 g/mol. The van der Waals surface area contributed by atoms with Crippen molar-refractivity contribution in [2.24, 2.45) is 13.0 Å². The third-order valence-electron chi connectivity index (χ3n) is 6.73. The van der Waals surface area contributed by atoms with E-state index in [-0.39, 0.29) is 12.5 Å². The molecule has 35 heavy (non-hydrogen) atoms. The van der Waals surface area contributed by atoms with Crippen molar-refractivity contribution in [3.05, 3.63) is 70.9 Å². The summed E-state index contributed by atoms with van der Waals surface area (Å²) in [7, 11) is 4.26. The van der Waals surface area contributed by atoms with Gasteiger partial charge in [-0.05, 0) is 44.0 Å². The van der Waals surface area contributed by atoms with E-state index in [4.69, 9.17) is 14.3 Å². The van der Waals surface area contributed by atoms with Crippen LogP contribution >= 0.6 is 0 Å². The van der Waals surface area contributed by atoms with Gasteiger partial charge in [0.25, 0.3) is 5.91 Å². The molecule has 8 heteroatoms. The van der Waals surface area contributed by atoms with Crippen molar-refractivity contribution in [3.63, 3.8) is 0 Å². The molecule has 8 nitrogen and oxygen atoms in total. The summed E-state index contributed by atoms with van der Waals surface area (Å²) in [6.07, 6.45) is 0. The van der Waals surface area contributed by atoms with Gasteiger partial charge in [0.15, 0.2) is 5.92 Å². The summed E-state index contributed by atoms with van der Waals surface area (Å²) >= 11 is 0. The summed E-state index contributed by atoms with van der Waals surface area (Å²) in [5, 5.41) is 2.06. The van der Waals surface area contributed by atoms with Gasteiger partial charge in [0.05, 0.1) is 19.6 Å². The second-order valence-corrected chi connectivity index (χ2v) is 9.32. The van der Waals surface area contributed by atoms with Gasteiger partial charge in [0, 0.05) is 23.6 Å². The van der Waals surface area contributed by atoms with E-state index >= 15 is 0 Å². The largest absolute Gasteiger partial charge is 0.468 e. The maximum atomic E-state index is 14.0. The van der Waals surface area contributed by atoms with Crippen molar-refractivity contribution in [2.75, 3.05) is 14.2 Å². The molecule has 184 valence electrons. The monoisotopic (exact) mass is 478 g/mol. The van der Waals surface area contributed by atoms with Crippen LogP contribution in [0.25, 0.3) is 10.9 Å². The Kier molecular flexibility index (Phi) is 6.42. The Morgan fingerprint density at radius 1 is 1.03 bits per heavy atom. The number of aryl methyl sites for hydroxylation is 2. The van der Waals surface area contributed by atoms with Crippen LogP contribution in [0.2, 0.25) is 0 Å². The van der Waals surface area contributed by atoms with Crippen LogP contribution < -0.4 is 0 Å². The van der Waals surface area contributed by atoms with Crippen molar-refractivity contribution in [1.29, 1.82) is 0 Å². The normalized spacial score (nSPS) is 16.9. The van der Waals surface area contributed by atoms with Crippen molar-refractivity contribution < 1.29 is 28.7 Å². The van der Waals surface area contributed by atoms with Gasteiger partial charge in [-0.1, -0.05) is 42.0 Å². The standard InChI is InChI=1S/C27H30N2O6/c1-16-12-13-19-18(14-16)21-23(28(19)4)22(20(24(30)33-5)25(31)34-6)29(26(32)27(21,2)3)35-15-17-10-8-7-9-11-17/h7-14,20,22H,15H2,1-6H3. The van der Waals surface area contributed by atoms with Crippen molar-refractivity contribution in [1.82, 2.24) is 9.63 Å². The van der Waals surface area contributed by atoms with Crippen LogP contribution in [-0.2, 0) is 47.8 Å². The molecule has 1 aliphatic rings. The summed E-state index contributed by atoms with van der Waals surface area (Å²) < 4.78 is 11.9. The number of aromatic nitrogens is 1. The highest BCUT2D eigenvalue weighted by molar-refractivity contribution is 6.01. The molecule has 3 aromatic rings. The van der Waals surface area contributed by atoms with E-state index < -0.39 is 29.3 Å². The Morgan fingerprint density at radius 2 is 1.66 bits per heavy atom. The minimum Gasteiger partial charge on any atom is -0.468 e. The topological polar surface area (TPSA) is 87.1 Å². The van der Waals surface area contributed by atoms with E-state index in [1.54, 1.807) is 0 Å². The number of hydrogen-bond acceptors (Lipinski definition) is 6. The summed E-state index contributed by atoms with van der Waals surface area (Å²) in [5.41, 5.74) is 3.14. The van der Waals surface area contributed by atoms with Crippen molar-refractivity contribution >= 4 is 28.7 Å². The third-order valence-corrected chi connectivity index (χ3v) is 6.73. The molecule has 0 aliphatic carbocycles. The molecule has 0 radical (unpaired) electrons. The third kappa shape index (κ3) is 3.97. The van der Waals surface area contributed by atoms with E-state index in [0.29, 0.717) is 5.69 Å². The Morgan fingerprint density at radius 3 is 2.26 bits per heavy atom. The lowest BCUT2D eigenvalue weighted by Crippen LogP contribution is -2.54. The molecule has 0 spiro atoms. The SMILES string of the molecule is COC(=O)C(C(=O)OC)C1c2c(c3cc(C)ccc3n2C)C(C)(C)C(=O)N1OCc1ccccc1. The highest BCUT2D eigenvalue weighted by Gasteiger charge is 2.55. The minimum absolute atomic E-state index is 0.0760.